The third kappa shape index (κ3) is 2.65. The summed E-state index contributed by atoms with van der Waals surface area (Å²) in [6.07, 6.45) is 3.66. The van der Waals surface area contributed by atoms with Gasteiger partial charge in [-0.15, -0.1) is 0 Å². The van der Waals surface area contributed by atoms with E-state index in [9.17, 15) is 0 Å². The standard InChI is InChI=1S/C13H18O2/c1-3-5-10(2)8-9-14-11-6-4-7-12-13(11)15-12/h4,6-7,10H,3,5,8-9H2,1-2H3. The van der Waals surface area contributed by atoms with Crippen LogP contribution in [0.5, 0.6) is 17.2 Å². The summed E-state index contributed by atoms with van der Waals surface area (Å²) in [7, 11) is 0. The maximum absolute atomic E-state index is 5.68. The van der Waals surface area contributed by atoms with Crippen LogP contribution in [-0.4, -0.2) is 6.61 Å². The Bertz CT molecular complexity index is 333. The average Bonchev–Trinajstić information content (AvgIpc) is 2.98. The molecule has 0 saturated carbocycles. The zero-order valence-corrected chi connectivity index (χ0v) is 9.45. The van der Waals surface area contributed by atoms with Crippen molar-refractivity contribution in [2.75, 3.05) is 6.61 Å². The molecular weight excluding hydrogens is 188 g/mol. The lowest BCUT2D eigenvalue weighted by atomic mass is 10.0. The Balaban J connectivity index is 1.73. The predicted molar refractivity (Wildman–Crippen MR) is 60.7 cm³/mol. The van der Waals surface area contributed by atoms with E-state index in [1.54, 1.807) is 0 Å². The molecule has 1 heterocycles. The smallest absolute Gasteiger partial charge is 0.211 e. The van der Waals surface area contributed by atoms with Crippen LogP contribution in [0.15, 0.2) is 18.2 Å². The average molecular weight is 206 g/mol. The molecule has 1 atom stereocenters. The van der Waals surface area contributed by atoms with Gasteiger partial charge >= 0.3 is 0 Å². The Labute approximate surface area is 91.2 Å². The predicted octanol–water partition coefficient (Wildman–Crippen LogP) is 4.00. The van der Waals surface area contributed by atoms with Gasteiger partial charge in [0, 0.05) is 0 Å². The molecule has 0 spiro atoms. The molecule has 1 aliphatic rings. The van der Waals surface area contributed by atoms with Crippen LogP contribution in [0.3, 0.4) is 0 Å². The van der Waals surface area contributed by atoms with Gasteiger partial charge in [-0.2, -0.15) is 0 Å². The highest BCUT2D eigenvalue weighted by molar-refractivity contribution is 5.62. The summed E-state index contributed by atoms with van der Waals surface area (Å²) in [5.41, 5.74) is 0. The fourth-order valence-electron chi connectivity index (χ4n) is 1.79. The molecule has 0 radical (unpaired) electrons. The van der Waals surface area contributed by atoms with Crippen LogP contribution >= 0.6 is 0 Å². The van der Waals surface area contributed by atoms with E-state index in [-0.39, 0.29) is 0 Å². The first-order chi connectivity index (χ1) is 7.31. The Hall–Kier alpha value is -1.18. The summed E-state index contributed by atoms with van der Waals surface area (Å²) >= 11 is 0. The van der Waals surface area contributed by atoms with E-state index in [1.165, 1.54) is 12.8 Å². The normalized spacial score (nSPS) is 14.0. The van der Waals surface area contributed by atoms with Crippen LogP contribution in [0.4, 0.5) is 0 Å². The molecular formula is C13H18O2. The van der Waals surface area contributed by atoms with Gasteiger partial charge in [-0.25, -0.2) is 0 Å². The lowest BCUT2D eigenvalue weighted by Gasteiger charge is -2.10. The first kappa shape index (κ1) is 10.3. The van der Waals surface area contributed by atoms with Gasteiger partial charge in [-0.1, -0.05) is 32.8 Å². The second-order valence-corrected chi connectivity index (χ2v) is 4.22. The van der Waals surface area contributed by atoms with E-state index in [2.05, 4.69) is 13.8 Å². The lowest BCUT2D eigenvalue weighted by molar-refractivity contribution is 0.277. The molecule has 1 aromatic rings. The minimum atomic E-state index is 0.753. The third-order valence-electron chi connectivity index (χ3n) is 2.76. The molecule has 0 aromatic heterocycles. The van der Waals surface area contributed by atoms with Crippen molar-refractivity contribution in [1.82, 2.24) is 0 Å². The van der Waals surface area contributed by atoms with Crippen molar-refractivity contribution < 1.29 is 9.47 Å². The van der Waals surface area contributed by atoms with Gasteiger partial charge in [0.2, 0.25) is 5.75 Å². The highest BCUT2D eigenvalue weighted by atomic mass is 16.6. The lowest BCUT2D eigenvalue weighted by Crippen LogP contribution is -2.03. The molecule has 2 heteroatoms. The fourth-order valence-corrected chi connectivity index (χ4v) is 1.79. The summed E-state index contributed by atoms with van der Waals surface area (Å²) in [5.74, 6) is 3.55. The molecule has 1 aromatic carbocycles. The van der Waals surface area contributed by atoms with Gasteiger partial charge in [0.15, 0.2) is 11.5 Å². The summed E-state index contributed by atoms with van der Waals surface area (Å²) < 4.78 is 10.9. The van der Waals surface area contributed by atoms with E-state index in [4.69, 9.17) is 9.47 Å². The van der Waals surface area contributed by atoms with Crippen LogP contribution in [0, 0.1) is 5.92 Å². The molecule has 82 valence electrons. The van der Waals surface area contributed by atoms with Gasteiger partial charge in [0.05, 0.1) is 6.61 Å². The van der Waals surface area contributed by atoms with Gasteiger partial charge < -0.3 is 9.47 Å². The quantitative estimate of drug-likeness (QED) is 0.666. The molecule has 0 amide bonds. The maximum atomic E-state index is 5.68. The molecule has 0 aliphatic carbocycles. The van der Waals surface area contributed by atoms with Crippen molar-refractivity contribution in [2.45, 2.75) is 33.1 Å². The minimum Gasteiger partial charge on any atom is -0.490 e. The molecule has 15 heavy (non-hydrogen) atoms. The largest absolute Gasteiger partial charge is 0.490 e. The SMILES string of the molecule is CCCC(C)CCOc1cccc2c1O2. The Kier molecular flexibility index (Phi) is 3.14. The number of fused-ring (bicyclic) bond motifs is 1. The fraction of sp³-hybridized carbons (Fsp3) is 0.538. The van der Waals surface area contributed by atoms with Crippen molar-refractivity contribution in [3.8, 4) is 17.2 Å². The van der Waals surface area contributed by atoms with Crippen LogP contribution in [0.25, 0.3) is 0 Å². The number of hydrogen-bond donors (Lipinski definition) is 0. The monoisotopic (exact) mass is 206 g/mol. The topological polar surface area (TPSA) is 21.8 Å². The van der Waals surface area contributed by atoms with E-state index < -0.39 is 0 Å². The van der Waals surface area contributed by atoms with Crippen LogP contribution < -0.4 is 9.47 Å². The zero-order valence-electron chi connectivity index (χ0n) is 9.45. The molecule has 0 bridgehead atoms. The summed E-state index contributed by atoms with van der Waals surface area (Å²) in [4.78, 5) is 0. The highest BCUT2D eigenvalue weighted by Gasteiger charge is 2.24. The number of rotatable bonds is 6. The molecule has 2 rings (SSSR count). The number of para-hydroxylation sites is 1. The van der Waals surface area contributed by atoms with Gasteiger partial charge in [0.25, 0.3) is 0 Å². The van der Waals surface area contributed by atoms with E-state index >= 15 is 0 Å². The first-order valence-electron chi connectivity index (χ1n) is 5.75. The summed E-state index contributed by atoms with van der Waals surface area (Å²) in [5, 5.41) is 0. The van der Waals surface area contributed by atoms with E-state index in [1.807, 2.05) is 18.2 Å². The zero-order chi connectivity index (χ0) is 10.7. The van der Waals surface area contributed by atoms with E-state index in [0.717, 1.165) is 36.2 Å². The summed E-state index contributed by atoms with van der Waals surface area (Å²) in [6.45, 7) is 5.29. The molecule has 0 N–H and O–H groups in total. The minimum absolute atomic E-state index is 0.753. The molecule has 0 saturated heterocycles. The van der Waals surface area contributed by atoms with Crippen LogP contribution in [0.2, 0.25) is 0 Å². The molecule has 1 aliphatic heterocycles. The van der Waals surface area contributed by atoms with Gasteiger partial charge in [-0.05, 0) is 24.5 Å². The number of ether oxygens (including phenoxy) is 2. The third-order valence-corrected chi connectivity index (χ3v) is 2.76. The van der Waals surface area contributed by atoms with Crippen molar-refractivity contribution in [3.05, 3.63) is 18.2 Å². The number of hydrogen-bond acceptors (Lipinski definition) is 2. The van der Waals surface area contributed by atoms with Gasteiger partial charge in [0.1, 0.15) is 0 Å². The van der Waals surface area contributed by atoms with Crippen LogP contribution in [0.1, 0.15) is 33.1 Å². The van der Waals surface area contributed by atoms with E-state index in [0.29, 0.717) is 0 Å². The van der Waals surface area contributed by atoms with Crippen molar-refractivity contribution in [1.29, 1.82) is 0 Å². The van der Waals surface area contributed by atoms with Crippen LogP contribution in [-0.2, 0) is 0 Å². The second kappa shape index (κ2) is 4.56. The van der Waals surface area contributed by atoms with Crippen molar-refractivity contribution in [2.24, 2.45) is 5.92 Å². The molecule has 2 nitrogen and oxygen atoms in total. The number of benzene rings is 1. The Morgan fingerprint density at radius 1 is 1.33 bits per heavy atom. The second-order valence-electron chi connectivity index (χ2n) is 4.22. The summed E-state index contributed by atoms with van der Waals surface area (Å²) in [6, 6.07) is 5.90. The van der Waals surface area contributed by atoms with Gasteiger partial charge in [-0.3, -0.25) is 0 Å². The Morgan fingerprint density at radius 2 is 2.20 bits per heavy atom. The molecule has 1 unspecified atom stereocenters. The van der Waals surface area contributed by atoms with Crippen molar-refractivity contribution >= 4 is 0 Å². The molecule has 0 fully saturated rings. The Morgan fingerprint density at radius 3 is 3.00 bits per heavy atom. The first-order valence-corrected chi connectivity index (χ1v) is 5.75. The highest BCUT2D eigenvalue weighted by Crippen LogP contribution is 2.52. The van der Waals surface area contributed by atoms with Crippen molar-refractivity contribution in [3.63, 3.8) is 0 Å². The maximum Gasteiger partial charge on any atom is 0.211 e.